The molecule has 5 aromatic rings. The van der Waals surface area contributed by atoms with E-state index in [2.05, 4.69) is 134 Å². The summed E-state index contributed by atoms with van der Waals surface area (Å²) < 4.78 is 0. The van der Waals surface area contributed by atoms with Crippen LogP contribution in [-0.4, -0.2) is 31.3 Å². The van der Waals surface area contributed by atoms with Gasteiger partial charge in [0.2, 0.25) is 0 Å². The van der Waals surface area contributed by atoms with Crippen molar-refractivity contribution in [1.29, 1.82) is 0 Å². The highest BCUT2D eigenvalue weighted by Crippen LogP contribution is 2.41. The maximum Gasteiger partial charge on any atom is 0.122 e. The van der Waals surface area contributed by atoms with Gasteiger partial charge in [0.1, 0.15) is 11.5 Å². The lowest BCUT2D eigenvalue weighted by atomic mass is 9.93. The molecule has 1 aromatic heterocycles. The fourth-order valence-electron chi connectivity index (χ4n) is 8.04. The number of aromatic hydroxyl groups is 2. The van der Waals surface area contributed by atoms with E-state index in [0.29, 0.717) is 11.5 Å². The summed E-state index contributed by atoms with van der Waals surface area (Å²) in [6.45, 7) is 18.0. The Balaban J connectivity index is 1.67. The van der Waals surface area contributed by atoms with Gasteiger partial charge in [0.05, 0.1) is 27.5 Å². The standard InChI is InChI=1S/C43H53NO2Si2/c1-9-47(10-2,11-3)40-28-30(7)26-36(42(40)45)32-20-15-17-22-34(32)38-24-19-25-39(44-38)35-23-18-16-21-33(35)37-27-31(8)29-41(43(37)46)48(12-4,13-5)14-6/h15-29,45-46H,9-14H2,1-8H3. The Morgan fingerprint density at radius 1 is 0.438 bits per heavy atom. The van der Waals surface area contributed by atoms with Crippen LogP contribution in [0.5, 0.6) is 11.5 Å². The molecule has 0 spiro atoms. The zero-order valence-corrected chi connectivity index (χ0v) is 32.2. The minimum absolute atomic E-state index is 0.434. The van der Waals surface area contributed by atoms with Gasteiger partial charge < -0.3 is 10.2 Å². The zero-order valence-electron chi connectivity index (χ0n) is 30.2. The van der Waals surface area contributed by atoms with Crippen molar-refractivity contribution in [1.82, 2.24) is 4.98 Å². The smallest absolute Gasteiger partial charge is 0.122 e. The van der Waals surface area contributed by atoms with Crippen LogP contribution in [0.3, 0.4) is 0 Å². The third-order valence-electron chi connectivity index (χ3n) is 11.4. The van der Waals surface area contributed by atoms with Crippen LogP contribution in [0.15, 0.2) is 91.0 Å². The highest BCUT2D eigenvalue weighted by molar-refractivity contribution is 6.93. The molecule has 5 rings (SSSR count). The Bertz CT molecular complexity index is 1760. The molecular formula is C43H53NO2Si2. The molecule has 48 heavy (non-hydrogen) atoms. The Morgan fingerprint density at radius 2 is 0.771 bits per heavy atom. The van der Waals surface area contributed by atoms with E-state index in [1.807, 2.05) is 12.1 Å². The van der Waals surface area contributed by atoms with Gasteiger partial charge in [-0.25, -0.2) is 4.98 Å². The van der Waals surface area contributed by atoms with Crippen molar-refractivity contribution in [2.75, 3.05) is 0 Å². The van der Waals surface area contributed by atoms with E-state index in [4.69, 9.17) is 4.98 Å². The predicted molar refractivity (Wildman–Crippen MR) is 212 cm³/mol. The molecule has 0 aliphatic rings. The molecule has 0 aliphatic heterocycles. The summed E-state index contributed by atoms with van der Waals surface area (Å²) in [5, 5.41) is 26.2. The fourth-order valence-corrected chi connectivity index (χ4v) is 15.7. The summed E-state index contributed by atoms with van der Waals surface area (Å²) in [7, 11) is -3.68. The van der Waals surface area contributed by atoms with Crippen LogP contribution < -0.4 is 10.4 Å². The van der Waals surface area contributed by atoms with Gasteiger partial charge in [0.25, 0.3) is 0 Å². The summed E-state index contributed by atoms with van der Waals surface area (Å²) in [5.74, 6) is 0.867. The monoisotopic (exact) mass is 671 g/mol. The maximum atomic E-state index is 11.9. The van der Waals surface area contributed by atoms with Crippen LogP contribution in [0.4, 0.5) is 0 Å². The lowest BCUT2D eigenvalue weighted by Gasteiger charge is -2.31. The SMILES string of the molecule is CC[Si](CC)(CC)c1cc(C)cc(-c2ccccc2-c2cccc(-c3ccccc3-c3cc(C)cc([Si](CC)(CC)CC)c3O)n2)c1O. The number of aryl methyl sites for hydroxylation is 2. The number of hydrogen-bond donors (Lipinski definition) is 2. The van der Waals surface area contributed by atoms with Crippen molar-refractivity contribution in [2.24, 2.45) is 0 Å². The lowest BCUT2D eigenvalue weighted by Crippen LogP contribution is -2.46. The van der Waals surface area contributed by atoms with E-state index >= 15 is 0 Å². The van der Waals surface area contributed by atoms with Crippen molar-refractivity contribution < 1.29 is 10.2 Å². The van der Waals surface area contributed by atoms with Gasteiger partial charge in [0.15, 0.2) is 0 Å². The Labute approximate surface area is 290 Å². The molecule has 0 bridgehead atoms. The summed E-state index contributed by atoms with van der Waals surface area (Å²) in [6, 6.07) is 38.2. The van der Waals surface area contributed by atoms with Gasteiger partial charge in [-0.15, -0.1) is 0 Å². The molecule has 0 fully saturated rings. The average molecular weight is 672 g/mol. The first kappa shape index (κ1) is 35.4. The van der Waals surface area contributed by atoms with Crippen molar-refractivity contribution in [2.45, 2.75) is 91.7 Å². The third kappa shape index (κ3) is 6.31. The average Bonchev–Trinajstić information content (AvgIpc) is 3.12. The molecule has 2 N–H and O–H groups in total. The van der Waals surface area contributed by atoms with E-state index in [9.17, 15) is 10.2 Å². The van der Waals surface area contributed by atoms with Crippen LogP contribution in [0.2, 0.25) is 36.3 Å². The summed E-state index contributed by atoms with van der Waals surface area (Å²) in [5.41, 5.74) is 9.79. The Morgan fingerprint density at radius 3 is 1.10 bits per heavy atom. The van der Waals surface area contributed by atoms with Crippen LogP contribution >= 0.6 is 0 Å². The molecule has 250 valence electrons. The van der Waals surface area contributed by atoms with E-state index < -0.39 is 16.1 Å². The van der Waals surface area contributed by atoms with E-state index in [0.717, 1.165) is 81.0 Å². The van der Waals surface area contributed by atoms with E-state index in [-0.39, 0.29) is 0 Å². The molecule has 1 heterocycles. The Hall–Kier alpha value is -3.94. The van der Waals surface area contributed by atoms with Gasteiger partial charge in [0, 0.05) is 22.3 Å². The van der Waals surface area contributed by atoms with Crippen molar-refractivity contribution in [3.8, 4) is 56.3 Å². The molecule has 0 saturated carbocycles. The number of phenols is 2. The minimum atomic E-state index is -1.84. The molecule has 4 aromatic carbocycles. The van der Waals surface area contributed by atoms with Crippen LogP contribution in [0, 0.1) is 13.8 Å². The largest absolute Gasteiger partial charge is 0.507 e. The number of rotatable bonds is 12. The first-order valence-corrected chi connectivity index (χ1v) is 23.2. The first-order valence-electron chi connectivity index (χ1n) is 18.0. The van der Waals surface area contributed by atoms with Crippen LogP contribution in [0.25, 0.3) is 44.8 Å². The molecule has 0 aliphatic carbocycles. The molecular weight excluding hydrogens is 619 g/mol. The number of benzene rings is 4. The molecule has 0 unspecified atom stereocenters. The van der Waals surface area contributed by atoms with Gasteiger partial charge >= 0.3 is 0 Å². The van der Waals surface area contributed by atoms with Crippen molar-refractivity contribution >= 4 is 26.5 Å². The zero-order chi connectivity index (χ0) is 34.6. The number of hydrogen-bond acceptors (Lipinski definition) is 3. The second-order valence-electron chi connectivity index (χ2n) is 13.6. The second-order valence-corrected chi connectivity index (χ2v) is 24.0. The molecule has 0 radical (unpaired) electrons. The molecule has 0 atom stereocenters. The molecule has 3 nitrogen and oxygen atoms in total. The molecule has 0 amide bonds. The summed E-state index contributed by atoms with van der Waals surface area (Å²) >= 11 is 0. The highest BCUT2D eigenvalue weighted by atomic mass is 28.3. The highest BCUT2D eigenvalue weighted by Gasteiger charge is 2.34. The third-order valence-corrected chi connectivity index (χ3v) is 22.6. The van der Waals surface area contributed by atoms with Crippen LogP contribution in [0.1, 0.15) is 52.7 Å². The number of nitrogens with zero attached hydrogens (tertiary/aromatic N) is 1. The number of phenolic OH excluding ortho intramolecular Hbond substituents is 2. The van der Waals surface area contributed by atoms with Crippen molar-refractivity contribution in [3.63, 3.8) is 0 Å². The normalized spacial score (nSPS) is 12.0. The summed E-state index contributed by atoms with van der Waals surface area (Å²) in [6.07, 6.45) is 0. The van der Waals surface area contributed by atoms with Crippen LogP contribution in [-0.2, 0) is 0 Å². The molecule has 5 heteroatoms. The number of pyridine rings is 1. The quantitative estimate of drug-likeness (QED) is 0.130. The van der Waals surface area contributed by atoms with Gasteiger partial charge in [-0.2, -0.15) is 0 Å². The fraction of sp³-hybridized carbons (Fsp3) is 0.326. The minimum Gasteiger partial charge on any atom is -0.507 e. The second kappa shape index (κ2) is 14.7. The van der Waals surface area contributed by atoms with E-state index in [1.54, 1.807) is 0 Å². The van der Waals surface area contributed by atoms with Gasteiger partial charge in [-0.1, -0.05) is 156 Å². The predicted octanol–water partition coefficient (Wildman–Crippen LogP) is 11.2. The van der Waals surface area contributed by atoms with E-state index in [1.165, 1.54) is 21.5 Å². The van der Waals surface area contributed by atoms with Gasteiger partial charge in [-0.3, -0.25) is 0 Å². The topological polar surface area (TPSA) is 53.4 Å². The van der Waals surface area contributed by atoms with Gasteiger partial charge in [-0.05, 0) is 59.6 Å². The Kier molecular flexibility index (Phi) is 10.8. The molecule has 0 saturated heterocycles. The number of aromatic nitrogens is 1. The lowest BCUT2D eigenvalue weighted by molar-refractivity contribution is 0.480. The van der Waals surface area contributed by atoms with Crippen molar-refractivity contribution in [3.05, 3.63) is 102 Å². The first-order chi connectivity index (χ1) is 23.1. The summed E-state index contributed by atoms with van der Waals surface area (Å²) in [4.78, 5) is 5.28. The maximum absolute atomic E-state index is 11.9.